The Morgan fingerprint density at radius 2 is 1.95 bits per heavy atom. The molecule has 0 aliphatic heterocycles. The summed E-state index contributed by atoms with van der Waals surface area (Å²) in [6.07, 6.45) is 4.70. The van der Waals surface area contributed by atoms with E-state index < -0.39 is 10.0 Å². The van der Waals surface area contributed by atoms with Gasteiger partial charge in [-0.1, -0.05) is 31.4 Å². The fourth-order valence-electron chi connectivity index (χ4n) is 2.63. The molecule has 5 nitrogen and oxygen atoms in total. The number of Topliss-reactive ketones (excluding diaryl/α,β-unsaturated/α-hetero) is 1. The van der Waals surface area contributed by atoms with E-state index in [0.717, 1.165) is 32.1 Å². The van der Waals surface area contributed by atoms with Crippen LogP contribution in [0.3, 0.4) is 0 Å². The Bertz CT molecular complexity index is 613. The van der Waals surface area contributed by atoms with Gasteiger partial charge in [-0.3, -0.25) is 4.79 Å². The van der Waals surface area contributed by atoms with E-state index in [9.17, 15) is 13.2 Å². The molecule has 1 aromatic rings. The number of sulfonamides is 1. The van der Waals surface area contributed by atoms with E-state index in [0.29, 0.717) is 5.56 Å². The topological polar surface area (TPSA) is 89.3 Å². The highest BCUT2D eigenvalue weighted by Gasteiger charge is 2.26. The van der Waals surface area contributed by atoms with E-state index >= 15 is 0 Å². The molecular weight excluding hydrogens is 288 g/mol. The molecule has 3 N–H and O–H groups in total. The van der Waals surface area contributed by atoms with Crippen molar-refractivity contribution in [1.82, 2.24) is 4.72 Å². The molecule has 1 aliphatic carbocycles. The first-order valence-electron chi connectivity index (χ1n) is 7.29. The van der Waals surface area contributed by atoms with Gasteiger partial charge in [0.05, 0.1) is 4.90 Å². The van der Waals surface area contributed by atoms with Crippen molar-refractivity contribution in [1.29, 1.82) is 0 Å². The first-order chi connectivity index (χ1) is 9.90. The molecule has 1 aromatic carbocycles. The highest BCUT2D eigenvalue weighted by Crippen LogP contribution is 2.19. The van der Waals surface area contributed by atoms with Gasteiger partial charge in [0.2, 0.25) is 10.0 Å². The standard InChI is InChI=1S/C15H22N2O3S/c1-11(18)12-6-5-7-13(10-12)21(19,20)17-15-9-4-2-3-8-14(15)16/h5-7,10,14-15,17H,2-4,8-9,16H2,1H3. The highest BCUT2D eigenvalue weighted by molar-refractivity contribution is 7.89. The van der Waals surface area contributed by atoms with Gasteiger partial charge in [0, 0.05) is 17.6 Å². The second-order valence-electron chi connectivity index (χ2n) is 5.61. The Balaban J connectivity index is 2.21. The Morgan fingerprint density at radius 3 is 2.67 bits per heavy atom. The van der Waals surface area contributed by atoms with Crippen molar-refractivity contribution in [3.8, 4) is 0 Å². The average Bonchev–Trinajstić information content (AvgIpc) is 2.64. The van der Waals surface area contributed by atoms with Gasteiger partial charge in [0.1, 0.15) is 0 Å². The van der Waals surface area contributed by atoms with Gasteiger partial charge in [0.25, 0.3) is 0 Å². The molecule has 0 amide bonds. The predicted octanol–water partition coefficient (Wildman–Crippen LogP) is 1.83. The van der Waals surface area contributed by atoms with Gasteiger partial charge in [-0.05, 0) is 31.9 Å². The summed E-state index contributed by atoms with van der Waals surface area (Å²) in [5.41, 5.74) is 6.45. The lowest BCUT2D eigenvalue weighted by Gasteiger charge is -2.22. The monoisotopic (exact) mass is 310 g/mol. The summed E-state index contributed by atoms with van der Waals surface area (Å²) < 4.78 is 27.6. The minimum absolute atomic E-state index is 0.117. The fraction of sp³-hybridized carbons (Fsp3) is 0.533. The van der Waals surface area contributed by atoms with E-state index in [4.69, 9.17) is 5.73 Å². The number of rotatable bonds is 4. The van der Waals surface area contributed by atoms with Crippen molar-refractivity contribution in [2.75, 3.05) is 0 Å². The maximum absolute atomic E-state index is 12.5. The molecule has 0 radical (unpaired) electrons. The Labute approximate surface area is 126 Å². The lowest BCUT2D eigenvalue weighted by Crippen LogP contribution is -2.46. The first-order valence-corrected chi connectivity index (χ1v) is 8.77. The number of hydrogen-bond acceptors (Lipinski definition) is 4. The van der Waals surface area contributed by atoms with Crippen molar-refractivity contribution in [2.24, 2.45) is 5.73 Å². The van der Waals surface area contributed by atoms with Crippen molar-refractivity contribution >= 4 is 15.8 Å². The Hall–Kier alpha value is -1.24. The summed E-state index contributed by atoms with van der Waals surface area (Å²) in [6.45, 7) is 1.42. The molecule has 21 heavy (non-hydrogen) atoms. The molecule has 6 heteroatoms. The fourth-order valence-corrected chi connectivity index (χ4v) is 4.00. The average molecular weight is 310 g/mol. The van der Waals surface area contributed by atoms with E-state index in [1.54, 1.807) is 12.1 Å². The predicted molar refractivity (Wildman–Crippen MR) is 81.6 cm³/mol. The quantitative estimate of drug-likeness (QED) is 0.656. The zero-order valence-corrected chi connectivity index (χ0v) is 13.0. The second-order valence-corrected chi connectivity index (χ2v) is 7.33. The van der Waals surface area contributed by atoms with Crippen molar-refractivity contribution in [3.63, 3.8) is 0 Å². The van der Waals surface area contributed by atoms with Crippen LogP contribution in [0.25, 0.3) is 0 Å². The third kappa shape index (κ3) is 4.12. The summed E-state index contributed by atoms with van der Waals surface area (Å²) in [5, 5.41) is 0. The van der Waals surface area contributed by atoms with Gasteiger partial charge in [-0.2, -0.15) is 0 Å². The number of carbonyl (C=O) groups is 1. The number of benzene rings is 1. The molecule has 1 saturated carbocycles. The maximum Gasteiger partial charge on any atom is 0.240 e. The molecule has 1 aliphatic rings. The van der Waals surface area contributed by atoms with Gasteiger partial charge in [0.15, 0.2) is 5.78 Å². The largest absolute Gasteiger partial charge is 0.326 e. The lowest BCUT2D eigenvalue weighted by molar-refractivity contribution is 0.101. The second kappa shape index (κ2) is 6.68. The van der Waals surface area contributed by atoms with Gasteiger partial charge in [-0.25, -0.2) is 13.1 Å². The summed E-state index contributed by atoms with van der Waals surface area (Å²) >= 11 is 0. The number of carbonyl (C=O) groups excluding carboxylic acids is 1. The van der Waals surface area contributed by atoms with Crippen molar-refractivity contribution in [2.45, 2.75) is 56.0 Å². The zero-order valence-electron chi connectivity index (χ0n) is 12.2. The van der Waals surface area contributed by atoms with Crippen LogP contribution in [0.4, 0.5) is 0 Å². The van der Waals surface area contributed by atoms with E-state index in [1.807, 2.05) is 0 Å². The van der Waals surface area contributed by atoms with Crippen LogP contribution >= 0.6 is 0 Å². The summed E-state index contributed by atoms with van der Waals surface area (Å²) in [5.74, 6) is -0.154. The highest BCUT2D eigenvalue weighted by atomic mass is 32.2. The van der Waals surface area contributed by atoms with Gasteiger partial charge >= 0.3 is 0 Å². The number of hydrogen-bond donors (Lipinski definition) is 2. The Kier molecular flexibility index (Phi) is 5.13. The summed E-state index contributed by atoms with van der Waals surface area (Å²) in [4.78, 5) is 11.5. The molecular formula is C15H22N2O3S. The molecule has 2 rings (SSSR count). The van der Waals surface area contributed by atoms with E-state index in [1.165, 1.54) is 19.1 Å². The van der Waals surface area contributed by atoms with E-state index in [2.05, 4.69) is 4.72 Å². The third-order valence-electron chi connectivity index (χ3n) is 3.93. The van der Waals surface area contributed by atoms with Crippen molar-refractivity contribution in [3.05, 3.63) is 29.8 Å². The lowest BCUT2D eigenvalue weighted by atomic mass is 10.1. The van der Waals surface area contributed by atoms with Crippen LogP contribution in [0.15, 0.2) is 29.2 Å². The van der Waals surface area contributed by atoms with Crippen LogP contribution in [-0.2, 0) is 10.0 Å². The summed E-state index contributed by atoms with van der Waals surface area (Å²) in [7, 11) is -3.65. The van der Waals surface area contributed by atoms with Crippen LogP contribution < -0.4 is 10.5 Å². The molecule has 0 spiro atoms. The molecule has 1 fully saturated rings. The van der Waals surface area contributed by atoms with Crippen LogP contribution in [0, 0.1) is 0 Å². The van der Waals surface area contributed by atoms with Crippen LogP contribution in [0.5, 0.6) is 0 Å². The molecule has 0 aromatic heterocycles. The number of ketones is 1. The van der Waals surface area contributed by atoms with Gasteiger partial charge < -0.3 is 5.73 Å². The minimum atomic E-state index is -3.65. The van der Waals surface area contributed by atoms with Gasteiger partial charge in [-0.15, -0.1) is 0 Å². The number of nitrogens with two attached hydrogens (primary N) is 1. The zero-order chi connectivity index (χ0) is 15.5. The molecule has 2 atom stereocenters. The van der Waals surface area contributed by atoms with Crippen molar-refractivity contribution < 1.29 is 13.2 Å². The molecule has 0 saturated heterocycles. The smallest absolute Gasteiger partial charge is 0.240 e. The van der Waals surface area contributed by atoms with Crippen LogP contribution in [0.2, 0.25) is 0 Å². The number of nitrogens with one attached hydrogen (secondary N) is 1. The first kappa shape index (κ1) is 16.1. The minimum Gasteiger partial charge on any atom is -0.326 e. The Morgan fingerprint density at radius 1 is 1.24 bits per heavy atom. The van der Waals surface area contributed by atoms with Crippen LogP contribution in [-0.4, -0.2) is 26.3 Å². The summed E-state index contributed by atoms with van der Waals surface area (Å²) in [6, 6.07) is 5.71. The molecule has 116 valence electrons. The maximum atomic E-state index is 12.5. The normalized spacial score (nSPS) is 23.5. The SMILES string of the molecule is CC(=O)c1cccc(S(=O)(=O)NC2CCCCCC2N)c1. The third-order valence-corrected chi connectivity index (χ3v) is 5.41. The molecule has 0 heterocycles. The van der Waals surface area contributed by atoms with Crippen LogP contribution in [0.1, 0.15) is 49.4 Å². The molecule has 2 unspecified atom stereocenters. The molecule has 0 bridgehead atoms. The van der Waals surface area contributed by atoms with E-state index in [-0.39, 0.29) is 22.8 Å².